The highest BCUT2D eigenvalue weighted by molar-refractivity contribution is 5.69. The maximum atomic E-state index is 11.6. The molecule has 1 unspecified atom stereocenters. The molecule has 0 fully saturated rings. The Kier molecular flexibility index (Phi) is 4.39. The smallest absolute Gasteiger partial charge is 0.426 e. The standard InChI is InChI=1S/C15H16N2O2/c1-12(13-8-4-2-5-9-13)19-15(18)17-16-14-10-6-3-7-11-14/h2-12,16H,1H3,(H,17,18). The van der Waals surface area contributed by atoms with Gasteiger partial charge in [0.25, 0.3) is 0 Å². The number of amides is 1. The van der Waals surface area contributed by atoms with E-state index in [0.717, 1.165) is 11.3 Å². The van der Waals surface area contributed by atoms with Crippen LogP contribution in [0, 0.1) is 0 Å². The number of hydrogen-bond donors (Lipinski definition) is 2. The summed E-state index contributed by atoms with van der Waals surface area (Å²) >= 11 is 0. The molecule has 2 rings (SSSR count). The lowest BCUT2D eigenvalue weighted by Gasteiger charge is -2.14. The van der Waals surface area contributed by atoms with Crippen LogP contribution in [0.25, 0.3) is 0 Å². The highest BCUT2D eigenvalue weighted by Crippen LogP contribution is 2.15. The molecule has 0 saturated carbocycles. The van der Waals surface area contributed by atoms with Crippen molar-refractivity contribution in [3.63, 3.8) is 0 Å². The van der Waals surface area contributed by atoms with Crippen LogP contribution in [-0.2, 0) is 4.74 Å². The van der Waals surface area contributed by atoms with Crippen molar-refractivity contribution in [2.45, 2.75) is 13.0 Å². The van der Waals surface area contributed by atoms with E-state index in [1.165, 1.54) is 0 Å². The Balaban J connectivity index is 1.82. The van der Waals surface area contributed by atoms with Gasteiger partial charge < -0.3 is 4.74 Å². The number of anilines is 1. The molecule has 2 aromatic rings. The van der Waals surface area contributed by atoms with E-state index in [1.54, 1.807) is 0 Å². The Hall–Kier alpha value is -2.49. The highest BCUT2D eigenvalue weighted by atomic mass is 16.6. The maximum absolute atomic E-state index is 11.6. The summed E-state index contributed by atoms with van der Waals surface area (Å²) in [5.41, 5.74) is 7.02. The van der Waals surface area contributed by atoms with Crippen molar-refractivity contribution in [2.75, 3.05) is 5.43 Å². The Bertz CT molecular complexity index is 514. The number of rotatable bonds is 4. The second kappa shape index (κ2) is 6.44. The molecule has 0 aliphatic rings. The quantitative estimate of drug-likeness (QED) is 0.823. The van der Waals surface area contributed by atoms with Crippen LogP contribution in [-0.4, -0.2) is 6.09 Å². The summed E-state index contributed by atoms with van der Waals surface area (Å²) in [5, 5.41) is 0. The van der Waals surface area contributed by atoms with Crippen molar-refractivity contribution in [1.82, 2.24) is 5.43 Å². The first-order chi connectivity index (χ1) is 9.25. The number of ether oxygens (including phenoxy) is 1. The number of hydrogen-bond acceptors (Lipinski definition) is 3. The topological polar surface area (TPSA) is 50.4 Å². The summed E-state index contributed by atoms with van der Waals surface area (Å²) in [6.45, 7) is 1.83. The minimum atomic E-state index is -0.514. The van der Waals surface area contributed by atoms with E-state index in [4.69, 9.17) is 4.74 Å². The Labute approximate surface area is 112 Å². The van der Waals surface area contributed by atoms with Crippen molar-refractivity contribution in [1.29, 1.82) is 0 Å². The summed E-state index contributed by atoms with van der Waals surface area (Å²) in [6, 6.07) is 18.9. The average Bonchev–Trinajstić information content (AvgIpc) is 2.47. The van der Waals surface area contributed by atoms with Crippen molar-refractivity contribution in [2.24, 2.45) is 0 Å². The molecule has 0 heterocycles. The predicted octanol–water partition coefficient (Wildman–Crippen LogP) is 3.50. The summed E-state index contributed by atoms with van der Waals surface area (Å²) in [5.74, 6) is 0. The molecular weight excluding hydrogens is 240 g/mol. The second-order valence-electron chi connectivity index (χ2n) is 4.07. The third kappa shape index (κ3) is 4.03. The van der Waals surface area contributed by atoms with Crippen LogP contribution in [0.1, 0.15) is 18.6 Å². The molecule has 4 nitrogen and oxygen atoms in total. The van der Waals surface area contributed by atoms with Gasteiger partial charge in [0.1, 0.15) is 6.10 Å². The third-order valence-electron chi connectivity index (χ3n) is 2.64. The molecule has 1 atom stereocenters. The van der Waals surface area contributed by atoms with Crippen LogP contribution in [0.5, 0.6) is 0 Å². The molecule has 2 N–H and O–H groups in total. The van der Waals surface area contributed by atoms with Crippen LogP contribution in [0.4, 0.5) is 10.5 Å². The average molecular weight is 256 g/mol. The van der Waals surface area contributed by atoms with Gasteiger partial charge in [0.05, 0.1) is 5.69 Å². The fourth-order valence-electron chi connectivity index (χ4n) is 1.63. The Morgan fingerprint density at radius 1 is 1.00 bits per heavy atom. The van der Waals surface area contributed by atoms with Crippen LogP contribution in [0.3, 0.4) is 0 Å². The van der Waals surface area contributed by atoms with Gasteiger partial charge in [-0.25, -0.2) is 10.2 Å². The zero-order valence-corrected chi connectivity index (χ0v) is 10.7. The van der Waals surface area contributed by atoms with Gasteiger partial charge in [-0.1, -0.05) is 48.5 Å². The van der Waals surface area contributed by atoms with Gasteiger partial charge in [-0.15, -0.1) is 0 Å². The molecule has 0 aliphatic heterocycles. The molecule has 2 aromatic carbocycles. The lowest BCUT2D eigenvalue weighted by molar-refractivity contribution is 0.109. The monoisotopic (exact) mass is 256 g/mol. The normalized spacial score (nSPS) is 11.4. The van der Waals surface area contributed by atoms with Crippen LogP contribution in [0.2, 0.25) is 0 Å². The lowest BCUT2D eigenvalue weighted by Crippen LogP contribution is -2.30. The van der Waals surface area contributed by atoms with E-state index in [-0.39, 0.29) is 6.10 Å². The molecule has 0 bridgehead atoms. The first-order valence-electron chi connectivity index (χ1n) is 6.08. The predicted molar refractivity (Wildman–Crippen MR) is 74.5 cm³/mol. The molecule has 19 heavy (non-hydrogen) atoms. The zero-order chi connectivity index (χ0) is 13.5. The van der Waals surface area contributed by atoms with Gasteiger partial charge in [0, 0.05) is 0 Å². The minimum absolute atomic E-state index is 0.293. The zero-order valence-electron chi connectivity index (χ0n) is 10.7. The minimum Gasteiger partial charge on any atom is -0.440 e. The summed E-state index contributed by atoms with van der Waals surface area (Å²) in [7, 11) is 0. The fourth-order valence-corrected chi connectivity index (χ4v) is 1.63. The van der Waals surface area contributed by atoms with Crippen molar-refractivity contribution >= 4 is 11.8 Å². The number of carbonyl (C=O) groups is 1. The van der Waals surface area contributed by atoms with E-state index < -0.39 is 6.09 Å². The first kappa shape index (κ1) is 13.0. The van der Waals surface area contributed by atoms with Crippen molar-refractivity contribution < 1.29 is 9.53 Å². The van der Waals surface area contributed by atoms with Gasteiger partial charge in [-0.05, 0) is 24.6 Å². The molecule has 0 saturated heterocycles. The van der Waals surface area contributed by atoms with Crippen molar-refractivity contribution in [3.05, 3.63) is 66.2 Å². The first-order valence-corrected chi connectivity index (χ1v) is 6.08. The van der Waals surface area contributed by atoms with Gasteiger partial charge in [-0.3, -0.25) is 5.43 Å². The van der Waals surface area contributed by atoms with E-state index in [9.17, 15) is 4.79 Å². The largest absolute Gasteiger partial charge is 0.440 e. The molecular formula is C15H16N2O2. The van der Waals surface area contributed by atoms with Gasteiger partial charge in [-0.2, -0.15) is 0 Å². The van der Waals surface area contributed by atoms with Crippen LogP contribution >= 0.6 is 0 Å². The number of para-hydroxylation sites is 1. The molecule has 4 heteroatoms. The van der Waals surface area contributed by atoms with Crippen molar-refractivity contribution in [3.8, 4) is 0 Å². The second-order valence-corrected chi connectivity index (χ2v) is 4.07. The number of carbonyl (C=O) groups excluding carboxylic acids is 1. The summed E-state index contributed by atoms with van der Waals surface area (Å²) in [4.78, 5) is 11.6. The van der Waals surface area contributed by atoms with E-state index in [0.29, 0.717) is 0 Å². The molecule has 0 aliphatic carbocycles. The summed E-state index contributed by atoms with van der Waals surface area (Å²) in [6.07, 6.45) is -0.807. The van der Waals surface area contributed by atoms with E-state index >= 15 is 0 Å². The number of nitrogens with one attached hydrogen (secondary N) is 2. The SMILES string of the molecule is CC(OC(=O)NNc1ccccc1)c1ccccc1. The number of hydrazine groups is 1. The molecule has 0 aromatic heterocycles. The van der Waals surface area contributed by atoms with Crippen LogP contribution in [0.15, 0.2) is 60.7 Å². The van der Waals surface area contributed by atoms with E-state index in [1.807, 2.05) is 67.6 Å². The van der Waals surface area contributed by atoms with E-state index in [2.05, 4.69) is 10.9 Å². The molecule has 0 spiro atoms. The number of benzene rings is 2. The molecule has 98 valence electrons. The Morgan fingerprint density at radius 3 is 2.21 bits per heavy atom. The lowest BCUT2D eigenvalue weighted by atomic mass is 10.1. The molecule has 0 radical (unpaired) electrons. The fraction of sp³-hybridized carbons (Fsp3) is 0.133. The highest BCUT2D eigenvalue weighted by Gasteiger charge is 2.10. The maximum Gasteiger partial charge on any atom is 0.426 e. The van der Waals surface area contributed by atoms with Crippen LogP contribution < -0.4 is 10.9 Å². The summed E-state index contributed by atoms with van der Waals surface area (Å²) < 4.78 is 5.25. The third-order valence-corrected chi connectivity index (χ3v) is 2.64. The van der Waals surface area contributed by atoms with Gasteiger partial charge in [0.2, 0.25) is 0 Å². The molecule has 1 amide bonds. The van der Waals surface area contributed by atoms with Gasteiger partial charge >= 0.3 is 6.09 Å². The Morgan fingerprint density at radius 2 is 1.58 bits per heavy atom. The van der Waals surface area contributed by atoms with Gasteiger partial charge in [0.15, 0.2) is 0 Å².